The van der Waals surface area contributed by atoms with Gasteiger partial charge in [0.15, 0.2) is 0 Å². The maximum Gasteiger partial charge on any atom is 0.232 e. The highest BCUT2D eigenvalue weighted by molar-refractivity contribution is 5.83. The normalized spacial score (nSPS) is 31.8. The molecule has 0 aromatic rings. The zero-order valence-corrected chi connectivity index (χ0v) is 12.6. The number of nitrogens with zero attached hydrogens (tertiary/aromatic N) is 2. The lowest BCUT2D eigenvalue weighted by Crippen LogP contribution is -2.55. The Bertz CT molecular complexity index is 343. The molecule has 0 radical (unpaired) electrons. The van der Waals surface area contributed by atoms with Crippen molar-refractivity contribution in [3.05, 3.63) is 0 Å². The summed E-state index contributed by atoms with van der Waals surface area (Å²) >= 11 is 0. The number of amides is 1. The van der Waals surface area contributed by atoms with Crippen molar-refractivity contribution in [2.75, 3.05) is 59.5 Å². The van der Waals surface area contributed by atoms with E-state index in [2.05, 4.69) is 15.1 Å². The highest BCUT2D eigenvalue weighted by Gasteiger charge is 2.44. The van der Waals surface area contributed by atoms with Gasteiger partial charge in [0, 0.05) is 46.4 Å². The summed E-state index contributed by atoms with van der Waals surface area (Å²) < 4.78 is 5.33. The summed E-state index contributed by atoms with van der Waals surface area (Å²) in [5.41, 5.74) is -0.312. The Kier molecular flexibility index (Phi) is 4.29. The molecular weight excluding hydrogens is 254 g/mol. The Labute approximate surface area is 121 Å². The van der Waals surface area contributed by atoms with Gasteiger partial charge < -0.3 is 15.0 Å². The first-order valence-corrected chi connectivity index (χ1v) is 7.95. The summed E-state index contributed by atoms with van der Waals surface area (Å²) in [6.45, 7) is 7.33. The molecule has 1 aliphatic carbocycles. The SMILES string of the molecule is COCC1(C(=O)N2CCN(CC3CC3)CC2)CCNC1. The van der Waals surface area contributed by atoms with E-state index in [1.54, 1.807) is 7.11 Å². The minimum absolute atomic E-state index is 0.301. The highest BCUT2D eigenvalue weighted by Crippen LogP contribution is 2.31. The maximum absolute atomic E-state index is 12.8. The fraction of sp³-hybridized carbons (Fsp3) is 0.933. The lowest BCUT2D eigenvalue weighted by molar-refractivity contribution is -0.146. The predicted octanol–water partition coefficient (Wildman–Crippen LogP) is 0.167. The number of rotatable bonds is 5. The van der Waals surface area contributed by atoms with Crippen LogP contribution in [-0.2, 0) is 9.53 Å². The molecule has 2 saturated heterocycles. The quantitative estimate of drug-likeness (QED) is 0.780. The predicted molar refractivity (Wildman–Crippen MR) is 77.5 cm³/mol. The molecule has 0 aromatic heterocycles. The van der Waals surface area contributed by atoms with Crippen LogP contribution in [0.15, 0.2) is 0 Å². The number of ether oxygens (including phenoxy) is 1. The van der Waals surface area contributed by atoms with Crippen LogP contribution in [0.25, 0.3) is 0 Å². The molecule has 3 fully saturated rings. The second-order valence-electron chi connectivity index (χ2n) is 6.68. The highest BCUT2D eigenvalue weighted by atomic mass is 16.5. The minimum atomic E-state index is -0.312. The maximum atomic E-state index is 12.8. The van der Waals surface area contributed by atoms with E-state index in [4.69, 9.17) is 4.74 Å². The number of carbonyl (C=O) groups is 1. The van der Waals surface area contributed by atoms with Gasteiger partial charge >= 0.3 is 0 Å². The standard InChI is InChI=1S/C15H27N3O2/c1-20-12-15(4-5-16-11-15)14(19)18-8-6-17(7-9-18)10-13-2-3-13/h13,16H,2-12H2,1H3. The van der Waals surface area contributed by atoms with Gasteiger partial charge in [-0.3, -0.25) is 9.69 Å². The third kappa shape index (κ3) is 3.00. The second kappa shape index (κ2) is 6.00. The Balaban J connectivity index is 1.54. The van der Waals surface area contributed by atoms with Gasteiger partial charge in [-0.2, -0.15) is 0 Å². The second-order valence-corrected chi connectivity index (χ2v) is 6.68. The third-order valence-corrected chi connectivity index (χ3v) is 4.99. The van der Waals surface area contributed by atoms with Gasteiger partial charge in [0.05, 0.1) is 12.0 Å². The van der Waals surface area contributed by atoms with Gasteiger partial charge in [0.2, 0.25) is 5.91 Å². The molecule has 5 heteroatoms. The molecule has 0 bridgehead atoms. The Morgan fingerprint density at radius 2 is 2.05 bits per heavy atom. The summed E-state index contributed by atoms with van der Waals surface area (Å²) in [7, 11) is 1.70. The first-order chi connectivity index (χ1) is 9.73. The first-order valence-electron chi connectivity index (χ1n) is 7.95. The summed E-state index contributed by atoms with van der Waals surface area (Å²) in [5.74, 6) is 1.24. The van der Waals surface area contributed by atoms with E-state index in [-0.39, 0.29) is 5.41 Å². The molecule has 2 heterocycles. The molecule has 2 aliphatic heterocycles. The Hall–Kier alpha value is -0.650. The van der Waals surface area contributed by atoms with Crippen LogP contribution in [0.2, 0.25) is 0 Å². The molecule has 1 atom stereocenters. The zero-order valence-electron chi connectivity index (χ0n) is 12.6. The van der Waals surface area contributed by atoms with Gasteiger partial charge in [0.1, 0.15) is 0 Å². The molecule has 5 nitrogen and oxygen atoms in total. The van der Waals surface area contributed by atoms with Crippen LogP contribution in [0.4, 0.5) is 0 Å². The molecule has 3 aliphatic rings. The topological polar surface area (TPSA) is 44.8 Å². The number of piperazine rings is 1. The van der Waals surface area contributed by atoms with Crippen LogP contribution in [0.1, 0.15) is 19.3 Å². The molecule has 0 spiro atoms. The molecule has 114 valence electrons. The minimum Gasteiger partial charge on any atom is -0.384 e. The number of carbonyl (C=O) groups excluding carboxylic acids is 1. The van der Waals surface area contributed by atoms with Crippen molar-refractivity contribution in [2.24, 2.45) is 11.3 Å². The van der Waals surface area contributed by atoms with Crippen molar-refractivity contribution in [3.8, 4) is 0 Å². The average molecular weight is 281 g/mol. The van der Waals surface area contributed by atoms with E-state index >= 15 is 0 Å². The van der Waals surface area contributed by atoms with E-state index in [9.17, 15) is 4.79 Å². The van der Waals surface area contributed by atoms with Crippen LogP contribution in [0.3, 0.4) is 0 Å². The van der Waals surface area contributed by atoms with E-state index in [0.717, 1.165) is 51.6 Å². The number of hydrogen-bond acceptors (Lipinski definition) is 4. The molecule has 1 saturated carbocycles. The first kappa shape index (κ1) is 14.3. The fourth-order valence-corrected chi connectivity index (χ4v) is 3.52. The zero-order chi connectivity index (χ0) is 14.0. The van der Waals surface area contributed by atoms with Gasteiger partial charge in [-0.15, -0.1) is 0 Å². The summed E-state index contributed by atoms with van der Waals surface area (Å²) in [6.07, 6.45) is 3.71. The molecule has 1 amide bonds. The van der Waals surface area contributed by atoms with Gasteiger partial charge in [-0.1, -0.05) is 0 Å². The van der Waals surface area contributed by atoms with Crippen LogP contribution in [-0.4, -0.2) is 75.2 Å². The summed E-state index contributed by atoms with van der Waals surface area (Å²) in [5, 5.41) is 3.32. The molecule has 1 N–H and O–H groups in total. The van der Waals surface area contributed by atoms with Crippen molar-refractivity contribution >= 4 is 5.91 Å². The number of hydrogen-bond donors (Lipinski definition) is 1. The summed E-state index contributed by atoms with van der Waals surface area (Å²) in [6, 6.07) is 0. The van der Waals surface area contributed by atoms with Crippen LogP contribution >= 0.6 is 0 Å². The fourth-order valence-electron chi connectivity index (χ4n) is 3.52. The lowest BCUT2D eigenvalue weighted by Gasteiger charge is -2.39. The summed E-state index contributed by atoms with van der Waals surface area (Å²) in [4.78, 5) is 17.4. The monoisotopic (exact) mass is 281 g/mol. The number of nitrogens with one attached hydrogen (secondary N) is 1. The van der Waals surface area contributed by atoms with E-state index in [1.807, 2.05) is 0 Å². The molecule has 3 rings (SSSR count). The van der Waals surface area contributed by atoms with Gasteiger partial charge in [0.25, 0.3) is 0 Å². The van der Waals surface area contributed by atoms with Crippen molar-refractivity contribution in [1.29, 1.82) is 0 Å². The molecular formula is C15H27N3O2. The Morgan fingerprint density at radius 3 is 2.60 bits per heavy atom. The van der Waals surface area contributed by atoms with Crippen LogP contribution < -0.4 is 5.32 Å². The smallest absolute Gasteiger partial charge is 0.232 e. The van der Waals surface area contributed by atoms with Crippen molar-refractivity contribution in [3.63, 3.8) is 0 Å². The van der Waals surface area contributed by atoms with E-state index in [1.165, 1.54) is 19.4 Å². The third-order valence-electron chi connectivity index (χ3n) is 4.99. The van der Waals surface area contributed by atoms with Gasteiger partial charge in [-0.05, 0) is 31.7 Å². The van der Waals surface area contributed by atoms with E-state index in [0.29, 0.717) is 12.5 Å². The van der Waals surface area contributed by atoms with Crippen LogP contribution in [0.5, 0.6) is 0 Å². The molecule has 1 unspecified atom stereocenters. The van der Waals surface area contributed by atoms with E-state index < -0.39 is 0 Å². The number of methoxy groups -OCH3 is 1. The van der Waals surface area contributed by atoms with Crippen molar-refractivity contribution in [1.82, 2.24) is 15.1 Å². The lowest BCUT2D eigenvalue weighted by atomic mass is 9.86. The molecule has 0 aromatic carbocycles. The van der Waals surface area contributed by atoms with Crippen molar-refractivity contribution in [2.45, 2.75) is 19.3 Å². The average Bonchev–Trinajstić information content (AvgIpc) is 3.15. The Morgan fingerprint density at radius 1 is 1.30 bits per heavy atom. The molecule has 20 heavy (non-hydrogen) atoms. The van der Waals surface area contributed by atoms with Crippen LogP contribution in [0, 0.1) is 11.3 Å². The van der Waals surface area contributed by atoms with Gasteiger partial charge in [-0.25, -0.2) is 0 Å². The largest absolute Gasteiger partial charge is 0.384 e. The van der Waals surface area contributed by atoms with Crippen molar-refractivity contribution < 1.29 is 9.53 Å².